The highest BCUT2D eigenvalue weighted by Gasteiger charge is 2.14. The first kappa shape index (κ1) is 17.6. The first-order valence-electron chi connectivity index (χ1n) is 7.29. The van der Waals surface area contributed by atoms with Gasteiger partial charge in [-0.25, -0.2) is 8.42 Å². The maximum atomic E-state index is 12.0. The molecule has 0 radical (unpaired) electrons. The van der Waals surface area contributed by atoms with Crippen molar-refractivity contribution in [3.63, 3.8) is 0 Å². The number of anilines is 1. The molecule has 2 aromatic carbocycles. The molecule has 0 aromatic heterocycles. The third-order valence-corrected chi connectivity index (χ3v) is 3.76. The molecule has 1 amide bonds. The highest BCUT2D eigenvalue weighted by atomic mass is 32.2. The van der Waals surface area contributed by atoms with Crippen molar-refractivity contribution in [1.29, 1.82) is 0 Å². The second-order valence-corrected chi connectivity index (χ2v) is 7.02. The zero-order chi connectivity index (χ0) is 17.6. The fraction of sp³-hybridized carbons (Fsp3) is 0.167. The summed E-state index contributed by atoms with van der Waals surface area (Å²) in [6, 6.07) is 15.7. The molecule has 0 fully saturated rings. The molecular formula is C18H18N2O3S. The lowest BCUT2D eigenvalue weighted by Crippen LogP contribution is -2.26. The van der Waals surface area contributed by atoms with E-state index in [0.29, 0.717) is 11.3 Å². The van der Waals surface area contributed by atoms with Crippen LogP contribution >= 0.6 is 0 Å². The van der Waals surface area contributed by atoms with Gasteiger partial charge in [-0.15, -0.1) is 0 Å². The number of carbonyl (C=O) groups excluding carboxylic acids is 1. The van der Waals surface area contributed by atoms with Gasteiger partial charge in [-0.05, 0) is 30.7 Å². The zero-order valence-electron chi connectivity index (χ0n) is 13.4. The summed E-state index contributed by atoms with van der Waals surface area (Å²) < 4.78 is 25.3. The summed E-state index contributed by atoms with van der Waals surface area (Å²) in [5.74, 6) is 4.88. The molecule has 0 aliphatic rings. The summed E-state index contributed by atoms with van der Waals surface area (Å²) in [4.78, 5) is 12.0. The molecule has 5 nitrogen and oxygen atoms in total. The van der Waals surface area contributed by atoms with E-state index in [9.17, 15) is 13.2 Å². The molecule has 24 heavy (non-hydrogen) atoms. The summed E-state index contributed by atoms with van der Waals surface area (Å²) in [6.07, 6.45) is 1.08. The second-order valence-electron chi connectivity index (χ2n) is 5.27. The molecule has 0 unspecified atom stereocenters. The van der Waals surface area contributed by atoms with E-state index >= 15 is 0 Å². The third kappa shape index (κ3) is 5.45. The molecule has 2 rings (SSSR count). The van der Waals surface area contributed by atoms with Gasteiger partial charge in [0.2, 0.25) is 10.0 Å². The Morgan fingerprint density at radius 3 is 2.33 bits per heavy atom. The predicted octanol–water partition coefficient (Wildman–Crippen LogP) is 2.29. The highest BCUT2D eigenvalue weighted by Crippen LogP contribution is 2.23. The molecule has 6 heteroatoms. The number of hydrogen-bond donors (Lipinski definition) is 2. The first-order chi connectivity index (χ1) is 11.3. The van der Waals surface area contributed by atoms with Crippen molar-refractivity contribution in [1.82, 2.24) is 5.32 Å². The molecule has 2 aromatic rings. The lowest BCUT2D eigenvalue weighted by Gasteiger charge is -2.17. The lowest BCUT2D eigenvalue weighted by atomic mass is 10.1. The number of amides is 1. The number of rotatable bonds is 4. The number of benzene rings is 2. The topological polar surface area (TPSA) is 75.3 Å². The van der Waals surface area contributed by atoms with Crippen LogP contribution < -0.4 is 10.0 Å². The van der Waals surface area contributed by atoms with Crippen LogP contribution in [0.1, 0.15) is 24.1 Å². The van der Waals surface area contributed by atoms with Gasteiger partial charge < -0.3 is 5.32 Å². The Kier molecular flexibility index (Phi) is 5.61. The zero-order valence-corrected chi connectivity index (χ0v) is 14.2. The molecule has 0 spiro atoms. The smallest absolute Gasteiger partial charge is 0.296 e. The van der Waals surface area contributed by atoms with E-state index in [2.05, 4.69) is 21.9 Å². The fourth-order valence-corrected chi connectivity index (χ4v) is 2.71. The molecule has 0 saturated carbocycles. The maximum Gasteiger partial charge on any atom is 0.296 e. The van der Waals surface area contributed by atoms with Crippen LogP contribution in [-0.4, -0.2) is 20.6 Å². The minimum absolute atomic E-state index is 0.395. The third-order valence-electron chi connectivity index (χ3n) is 3.16. The van der Waals surface area contributed by atoms with E-state index in [1.54, 1.807) is 31.2 Å². The van der Waals surface area contributed by atoms with Crippen molar-refractivity contribution < 1.29 is 13.2 Å². The van der Waals surface area contributed by atoms with E-state index in [0.717, 1.165) is 11.8 Å². The van der Waals surface area contributed by atoms with E-state index in [-0.39, 0.29) is 0 Å². The second kappa shape index (κ2) is 7.66. The van der Waals surface area contributed by atoms with Crippen LogP contribution in [-0.2, 0) is 14.8 Å². The van der Waals surface area contributed by atoms with Crippen LogP contribution in [0.3, 0.4) is 0 Å². The van der Waals surface area contributed by atoms with Gasteiger partial charge in [-0.3, -0.25) is 9.52 Å². The van der Waals surface area contributed by atoms with Crippen LogP contribution in [0.15, 0.2) is 54.6 Å². The molecule has 0 heterocycles. The van der Waals surface area contributed by atoms with Crippen molar-refractivity contribution >= 4 is 21.6 Å². The number of hydrogen-bond acceptors (Lipinski definition) is 3. The summed E-state index contributed by atoms with van der Waals surface area (Å²) >= 11 is 0. The molecule has 0 aliphatic heterocycles. The summed E-state index contributed by atoms with van der Waals surface area (Å²) in [5, 5.41) is 2.75. The Labute approximate surface area is 142 Å². The van der Waals surface area contributed by atoms with E-state index in [4.69, 9.17) is 0 Å². The van der Waals surface area contributed by atoms with Gasteiger partial charge in [0.15, 0.2) is 0 Å². The Balaban J connectivity index is 2.11. The van der Waals surface area contributed by atoms with Crippen molar-refractivity contribution in [2.75, 3.05) is 11.0 Å². The Hall–Kier alpha value is -2.78. The van der Waals surface area contributed by atoms with Gasteiger partial charge in [0.25, 0.3) is 5.91 Å². The van der Waals surface area contributed by atoms with Gasteiger partial charge in [-0.2, -0.15) is 0 Å². The van der Waals surface area contributed by atoms with Crippen molar-refractivity contribution in [3.8, 4) is 11.8 Å². The molecule has 0 bridgehead atoms. The monoisotopic (exact) mass is 342 g/mol. The maximum absolute atomic E-state index is 12.0. The lowest BCUT2D eigenvalue weighted by molar-refractivity contribution is -0.116. The summed E-state index contributed by atoms with van der Waals surface area (Å²) in [6.45, 7) is 1.77. The number of sulfonamides is 1. The molecule has 2 N–H and O–H groups in total. The van der Waals surface area contributed by atoms with Gasteiger partial charge in [0.1, 0.15) is 0 Å². The fourth-order valence-electron chi connectivity index (χ4n) is 2.13. The normalized spacial score (nSPS) is 11.8. The molecular weight excluding hydrogens is 324 g/mol. The largest absolute Gasteiger partial charge is 0.339 e. The highest BCUT2D eigenvalue weighted by molar-refractivity contribution is 7.92. The van der Waals surface area contributed by atoms with Crippen LogP contribution in [0.25, 0.3) is 0 Å². The Bertz CT molecular complexity index is 881. The van der Waals surface area contributed by atoms with Gasteiger partial charge in [0, 0.05) is 11.5 Å². The molecule has 124 valence electrons. The Morgan fingerprint density at radius 1 is 1.04 bits per heavy atom. The minimum atomic E-state index is -3.40. The van der Waals surface area contributed by atoms with Crippen LogP contribution in [0, 0.1) is 11.8 Å². The SMILES string of the molecule is C[C@@H](NC(=O)C#Cc1ccccc1)c1ccccc1NS(C)(=O)=O. The van der Waals surface area contributed by atoms with E-state index in [1.807, 2.05) is 30.3 Å². The number of nitrogens with one attached hydrogen (secondary N) is 2. The van der Waals surface area contributed by atoms with Gasteiger partial charge in [0.05, 0.1) is 18.0 Å². The predicted molar refractivity (Wildman–Crippen MR) is 94.8 cm³/mol. The summed E-state index contributed by atoms with van der Waals surface area (Å²) in [7, 11) is -3.40. The summed E-state index contributed by atoms with van der Waals surface area (Å²) in [5.41, 5.74) is 1.85. The number of para-hydroxylation sites is 1. The molecule has 1 atom stereocenters. The van der Waals surface area contributed by atoms with Crippen molar-refractivity contribution in [3.05, 3.63) is 65.7 Å². The van der Waals surface area contributed by atoms with Gasteiger partial charge in [-0.1, -0.05) is 42.3 Å². The quantitative estimate of drug-likeness (QED) is 0.837. The van der Waals surface area contributed by atoms with Crippen LogP contribution in [0.5, 0.6) is 0 Å². The standard InChI is InChI=1S/C18H18N2O3S/c1-14(16-10-6-7-11-17(16)20-24(2,22)23)19-18(21)13-12-15-8-4-3-5-9-15/h3-11,14,20H,1-2H3,(H,19,21)/t14-/m1/s1. The molecule has 0 aliphatic carbocycles. The minimum Gasteiger partial charge on any atom is -0.339 e. The average Bonchev–Trinajstić information content (AvgIpc) is 2.53. The van der Waals surface area contributed by atoms with Crippen molar-refractivity contribution in [2.24, 2.45) is 0 Å². The van der Waals surface area contributed by atoms with E-state index in [1.165, 1.54) is 0 Å². The Morgan fingerprint density at radius 2 is 1.67 bits per heavy atom. The van der Waals surface area contributed by atoms with Gasteiger partial charge >= 0.3 is 0 Å². The van der Waals surface area contributed by atoms with Crippen LogP contribution in [0.2, 0.25) is 0 Å². The molecule has 0 saturated heterocycles. The first-order valence-corrected chi connectivity index (χ1v) is 9.18. The van der Waals surface area contributed by atoms with Crippen LogP contribution in [0.4, 0.5) is 5.69 Å². The van der Waals surface area contributed by atoms with E-state index < -0.39 is 22.0 Å². The average molecular weight is 342 g/mol. The number of carbonyl (C=O) groups is 1. The van der Waals surface area contributed by atoms with Crippen molar-refractivity contribution in [2.45, 2.75) is 13.0 Å².